The van der Waals surface area contributed by atoms with Gasteiger partial charge >= 0.3 is 0 Å². The molecule has 0 aliphatic carbocycles. The van der Waals surface area contributed by atoms with Crippen LogP contribution in [0.1, 0.15) is 55.7 Å². The second-order valence-electron chi connectivity index (χ2n) is 8.49. The molecule has 2 N–H and O–H groups in total. The first-order valence-corrected chi connectivity index (χ1v) is 11.5. The van der Waals surface area contributed by atoms with E-state index < -0.39 is 6.04 Å². The molecular formula is C24H31ClN4O2S. The van der Waals surface area contributed by atoms with Gasteiger partial charge in [0.2, 0.25) is 0 Å². The molecule has 1 unspecified atom stereocenters. The highest BCUT2D eigenvalue weighted by Crippen LogP contribution is 2.40. The number of rotatable bonds is 3. The van der Waals surface area contributed by atoms with Crippen LogP contribution in [0.5, 0.6) is 0 Å². The van der Waals surface area contributed by atoms with Crippen molar-refractivity contribution >= 4 is 51.6 Å². The molecule has 0 bridgehead atoms. The summed E-state index contributed by atoms with van der Waals surface area (Å²) in [6.45, 7) is 11.8. The number of carbonyl (C=O) groups excluding carboxylic acids is 1. The van der Waals surface area contributed by atoms with E-state index in [1.165, 1.54) is 0 Å². The minimum Gasteiger partial charge on any atom is -0.379 e. The quantitative estimate of drug-likeness (QED) is 0.323. The molecule has 172 valence electrons. The number of aldehydes is 1. The molecule has 6 nitrogen and oxygen atoms in total. The molecule has 32 heavy (non-hydrogen) atoms. The zero-order valence-electron chi connectivity index (χ0n) is 19.7. The smallest absolute Gasteiger partial charge is 0.132 e. The molecule has 0 radical (unpaired) electrons. The summed E-state index contributed by atoms with van der Waals surface area (Å²) in [7, 11) is 1.71. The number of benzene rings is 1. The van der Waals surface area contributed by atoms with Gasteiger partial charge in [-0.1, -0.05) is 23.7 Å². The molecule has 0 saturated carbocycles. The summed E-state index contributed by atoms with van der Waals surface area (Å²) in [5.41, 5.74) is 3.65. The number of methoxy groups -OCH3 is 1. The minimum absolute atomic E-state index is 0.0417. The number of amidine groups is 2. The summed E-state index contributed by atoms with van der Waals surface area (Å²) in [5.74, 6) is 0.386. The fraction of sp³-hybridized carbons (Fsp3) is 0.417. The predicted molar refractivity (Wildman–Crippen MR) is 136 cm³/mol. The zero-order valence-corrected chi connectivity index (χ0v) is 21.2. The molecule has 1 aromatic heterocycles. The lowest BCUT2D eigenvalue weighted by atomic mass is 10.00. The summed E-state index contributed by atoms with van der Waals surface area (Å²) < 4.78 is 4.94. The lowest BCUT2D eigenvalue weighted by molar-refractivity contribution is -0.107. The number of nitrogens with zero attached hydrogens (tertiary/aromatic N) is 2. The van der Waals surface area contributed by atoms with Gasteiger partial charge in [0.1, 0.15) is 29.0 Å². The molecule has 2 aromatic rings. The van der Waals surface area contributed by atoms with Crippen molar-refractivity contribution in [3.8, 4) is 0 Å². The first-order chi connectivity index (χ1) is 14.9. The summed E-state index contributed by atoms with van der Waals surface area (Å²) in [6, 6.07) is 6.77. The Morgan fingerprint density at radius 1 is 1.28 bits per heavy atom. The van der Waals surface area contributed by atoms with Crippen LogP contribution < -0.4 is 4.90 Å². The number of fused-ring (bicyclic) bond motifs is 1. The largest absolute Gasteiger partial charge is 0.379 e. The highest BCUT2D eigenvalue weighted by Gasteiger charge is 2.33. The second kappa shape index (κ2) is 10.5. The first kappa shape index (κ1) is 25.9. The molecule has 1 aliphatic heterocycles. The Kier molecular flexibility index (Phi) is 8.51. The topological polar surface area (TPSA) is 89.6 Å². The van der Waals surface area contributed by atoms with Crippen molar-refractivity contribution < 1.29 is 9.53 Å². The van der Waals surface area contributed by atoms with Crippen LogP contribution in [0.15, 0.2) is 29.3 Å². The maximum atomic E-state index is 11.2. The number of anilines is 1. The van der Waals surface area contributed by atoms with E-state index in [1.54, 1.807) is 42.4 Å². The van der Waals surface area contributed by atoms with E-state index in [0.717, 1.165) is 38.6 Å². The minimum atomic E-state index is -0.627. The number of hydrogen-bond acceptors (Lipinski definition) is 6. The van der Waals surface area contributed by atoms with Crippen molar-refractivity contribution in [1.82, 2.24) is 0 Å². The van der Waals surface area contributed by atoms with E-state index in [-0.39, 0.29) is 23.7 Å². The zero-order chi connectivity index (χ0) is 24.2. The van der Waals surface area contributed by atoms with Gasteiger partial charge in [-0.2, -0.15) is 0 Å². The van der Waals surface area contributed by atoms with Crippen molar-refractivity contribution in [3.05, 3.63) is 50.9 Å². The Bertz CT molecular complexity index is 1040. The normalized spacial score (nSPS) is 15.9. The van der Waals surface area contributed by atoms with Gasteiger partial charge in [-0.15, -0.1) is 11.3 Å². The van der Waals surface area contributed by atoms with Crippen LogP contribution in [0.4, 0.5) is 5.00 Å². The number of ether oxygens (including phenoxy) is 1. The van der Waals surface area contributed by atoms with Gasteiger partial charge in [0, 0.05) is 34.6 Å². The molecule has 2 heterocycles. The fourth-order valence-corrected chi connectivity index (χ4v) is 4.35. The van der Waals surface area contributed by atoms with Gasteiger partial charge < -0.3 is 9.53 Å². The average Bonchev–Trinajstić information content (AvgIpc) is 2.93. The highest BCUT2D eigenvalue weighted by atomic mass is 35.5. The second-order valence-corrected chi connectivity index (χ2v) is 10.1. The van der Waals surface area contributed by atoms with Crippen molar-refractivity contribution in [3.63, 3.8) is 0 Å². The number of halogens is 1. The first-order valence-electron chi connectivity index (χ1n) is 10.3. The van der Waals surface area contributed by atoms with Crippen molar-refractivity contribution in [1.29, 1.82) is 10.8 Å². The molecule has 8 heteroatoms. The number of aliphatic imine (C=N–C) groups is 1. The summed E-state index contributed by atoms with van der Waals surface area (Å²) in [4.78, 5) is 18.7. The summed E-state index contributed by atoms with van der Waals surface area (Å²) >= 11 is 7.57. The standard InChI is InChI=1S/C19H19ClN4OS.C5H12O/c1-10-11(2)26-19-16(10)17(13-4-6-14(20)7-5-13)23-15(8-9-25)18(22)24(19)12(3)21;1-5(2,3)6-4/h4-7,9,15,21-22H,8H2,1-3H3;1-4H3. The lowest BCUT2D eigenvalue weighted by Gasteiger charge is -2.24. The maximum absolute atomic E-state index is 11.2. The highest BCUT2D eigenvalue weighted by molar-refractivity contribution is 7.17. The van der Waals surface area contributed by atoms with Crippen LogP contribution in [0, 0.1) is 24.7 Å². The Balaban J connectivity index is 0.000000534. The van der Waals surface area contributed by atoms with Gasteiger partial charge in [-0.25, -0.2) is 0 Å². The van der Waals surface area contributed by atoms with Crippen molar-refractivity contribution in [2.24, 2.45) is 4.99 Å². The molecular weight excluding hydrogens is 444 g/mol. The van der Waals surface area contributed by atoms with E-state index >= 15 is 0 Å². The molecule has 0 saturated heterocycles. The third kappa shape index (κ3) is 5.91. The van der Waals surface area contributed by atoms with Crippen LogP contribution in [0.25, 0.3) is 0 Å². The van der Waals surface area contributed by atoms with Crippen molar-refractivity contribution in [2.45, 2.75) is 59.6 Å². The Morgan fingerprint density at radius 3 is 2.31 bits per heavy atom. The molecule has 0 fully saturated rings. The Morgan fingerprint density at radius 2 is 1.84 bits per heavy atom. The fourth-order valence-electron chi connectivity index (χ4n) is 3.00. The van der Waals surface area contributed by atoms with Crippen LogP contribution >= 0.6 is 22.9 Å². The molecule has 1 atom stereocenters. The molecule has 3 rings (SSSR count). The number of thiophene rings is 1. The molecule has 0 amide bonds. The predicted octanol–water partition coefficient (Wildman–Crippen LogP) is 6.04. The molecule has 1 aromatic carbocycles. The van der Waals surface area contributed by atoms with E-state index in [4.69, 9.17) is 32.1 Å². The van der Waals surface area contributed by atoms with Crippen LogP contribution in [0.3, 0.4) is 0 Å². The van der Waals surface area contributed by atoms with Gasteiger partial charge in [-0.05, 0) is 59.2 Å². The maximum Gasteiger partial charge on any atom is 0.132 e. The summed E-state index contributed by atoms with van der Waals surface area (Å²) in [6.07, 6.45) is 0.879. The van der Waals surface area contributed by atoms with E-state index in [1.807, 2.05) is 46.8 Å². The third-order valence-electron chi connectivity index (χ3n) is 5.03. The van der Waals surface area contributed by atoms with E-state index in [0.29, 0.717) is 5.02 Å². The number of nitrogens with one attached hydrogen (secondary N) is 2. The van der Waals surface area contributed by atoms with E-state index in [2.05, 4.69) is 0 Å². The molecule has 0 spiro atoms. The van der Waals surface area contributed by atoms with Crippen LogP contribution in [-0.4, -0.2) is 42.4 Å². The lowest BCUT2D eigenvalue weighted by Crippen LogP contribution is -2.40. The Labute approximate surface area is 199 Å². The third-order valence-corrected chi connectivity index (χ3v) is 6.48. The van der Waals surface area contributed by atoms with Crippen molar-refractivity contribution in [2.75, 3.05) is 12.0 Å². The number of aryl methyl sites for hydroxylation is 1. The molecule has 1 aliphatic rings. The van der Waals surface area contributed by atoms with Gasteiger partial charge in [0.15, 0.2) is 0 Å². The summed E-state index contributed by atoms with van der Waals surface area (Å²) in [5, 5.41) is 18.2. The van der Waals surface area contributed by atoms with Crippen LogP contribution in [-0.2, 0) is 9.53 Å². The number of hydrogen-bond donors (Lipinski definition) is 2. The monoisotopic (exact) mass is 474 g/mol. The average molecular weight is 475 g/mol. The van der Waals surface area contributed by atoms with Gasteiger partial charge in [0.25, 0.3) is 0 Å². The van der Waals surface area contributed by atoms with Gasteiger partial charge in [0.05, 0.1) is 11.3 Å². The number of carbonyl (C=O) groups is 1. The van der Waals surface area contributed by atoms with Gasteiger partial charge in [-0.3, -0.25) is 20.7 Å². The SMILES string of the molecule is CC(=N)N1C(=N)C(CC=O)N=C(c2ccc(Cl)cc2)c2c1sc(C)c2C.COC(C)(C)C. The Hall–Kier alpha value is -2.35. The van der Waals surface area contributed by atoms with E-state index in [9.17, 15) is 4.79 Å². The van der Waals surface area contributed by atoms with Crippen LogP contribution in [0.2, 0.25) is 5.02 Å².